The number of methoxy groups -OCH3 is 1. The molecule has 2 aromatic carbocycles. The van der Waals surface area contributed by atoms with Crippen molar-refractivity contribution >= 4 is 38.0 Å². The van der Waals surface area contributed by atoms with E-state index in [1.165, 1.54) is 0 Å². The van der Waals surface area contributed by atoms with Gasteiger partial charge < -0.3 is 19.9 Å². The van der Waals surface area contributed by atoms with E-state index < -0.39 is 16.1 Å². The van der Waals surface area contributed by atoms with Crippen molar-refractivity contribution < 1.29 is 23.0 Å². The quantitative estimate of drug-likeness (QED) is 0.239. The number of H-pyrrole nitrogens is 1. The van der Waals surface area contributed by atoms with Crippen LogP contribution in [0.3, 0.4) is 0 Å². The van der Waals surface area contributed by atoms with Crippen molar-refractivity contribution in [1.82, 2.24) is 15.5 Å². The second-order valence-electron chi connectivity index (χ2n) is 7.17. The Labute approximate surface area is 195 Å². The fourth-order valence-electron chi connectivity index (χ4n) is 3.25. The summed E-state index contributed by atoms with van der Waals surface area (Å²) in [4.78, 5) is 0. The van der Waals surface area contributed by atoms with Crippen LogP contribution >= 0.6 is 11.3 Å². The third kappa shape index (κ3) is 5.63. The fraction of sp³-hybridized carbons (Fsp3) is 0.227. The summed E-state index contributed by atoms with van der Waals surface area (Å²) < 4.78 is 38.5. The molecule has 0 aliphatic heterocycles. The van der Waals surface area contributed by atoms with E-state index in [1.807, 2.05) is 18.2 Å². The lowest BCUT2D eigenvalue weighted by Crippen LogP contribution is -2.26. The van der Waals surface area contributed by atoms with E-state index >= 15 is 0 Å². The number of aliphatic hydroxyl groups excluding tert-OH is 1. The van der Waals surface area contributed by atoms with Gasteiger partial charge in [-0.25, -0.2) is 8.42 Å². The van der Waals surface area contributed by atoms with Gasteiger partial charge in [0.05, 0.1) is 24.1 Å². The number of nitrogens with zero attached hydrogens (tertiary/aromatic N) is 1. The zero-order chi connectivity index (χ0) is 23.3. The number of aromatic nitrogens is 2. The van der Waals surface area contributed by atoms with Crippen molar-refractivity contribution in [3.8, 4) is 11.6 Å². The maximum Gasteiger partial charge on any atom is 0.271 e. The van der Waals surface area contributed by atoms with E-state index in [0.717, 1.165) is 22.2 Å². The zero-order valence-electron chi connectivity index (χ0n) is 17.8. The molecule has 0 bridgehead atoms. The Morgan fingerprint density at radius 2 is 2.06 bits per heavy atom. The van der Waals surface area contributed by atoms with E-state index in [0.29, 0.717) is 42.6 Å². The molecule has 2 heterocycles. The Bertz CT molecular complexity index is 1310. The van der Waals surface area contributed by atoms with E-state index in [1.54, 1.807) is 48.9 Å². The van der Waals surface area contributed by atoms with Crippen LogP contribution in [0.1, 0.15) is 11.7 Å². The molecule has 0 fully saturated rings. The average Bonchev–Trinajstić information content (AvgIpc) is 3.49. The minimum atomic E-state index is -3.64. The van der Waals surface area contributed by atoms with Crippen LogP contribution in [-0.4, -0.2) is 50.5 Å². The van der Waals surface area contributed by atoms with Crippen molar-refractivity contribution in [2.24, 2.45) is 0 Å². The molecule has 174 valence electrons. The number of thiophene rings is 1. The molecule has 0 saturated heterocycles. The number of benzene rings is 2. The van der Waals surface area contributed by atoms with Gasteiger partial charge in [-0.15, -0.1) is 16.4 Å². The molecule has 0 saturated carbocycles. The second kappa shape index (κ2) is 10.2. The molecule has 4 rings (SSSR count). The Morgan fingerprint density at radius 1 is 1.18 bits per heavy atom. The highest BCUT2D eigenvalue weighted by molar-refractivity contribution is 7.94. The third-order valence-corrected chi connectivity index (χ3v) is 7.64. The number of fused-ring (bicyclic) bond motifs is 1. The number of hydrogen-bond acceptors (Lipinski definition) is 8. The van der Waals surface area contributed by atoms with Gasteiger partial charge >= 0.3 is 0 Å². The summed E-state index contributed by atoms with van der Waals surface area (Å²) in [6, 6.07) is 15.5. The second-order valence-corrected chi connectivity index (χ2v) is 10.0. The summed E-state index contributed by atoms with van der Waals surface area (Å²) >= 11 is 1.14. The van der Waals surface area contributed by atoms with E-state index in [9.17, 15) is 13.5 Å². The van der Waals surface area contributed by atoms with E-state index in [4.69, 9.17) is 9.47 Å². The number of ether oxygens (including phenoxy) is 2. The summed E-state index contributed by atoms with van der Waals surface area (Å²) in [6.45, 7) is 1.22. The molecule has 0 amide bonds. The van der Waals surface area contributed by atoms with Crippen LogP contribution in [0.2, 0.25) is 0 Å². The smallest absolute Gasteiger partial charge is 0.271 e. The van der Waals surface area contributed by atoms with Gasteiger partial charge in [0.2, 0.25) is 5.88 Å². The highest BCUT2D eigenvalue weighted by Gasteiger charge is 2.16. The van der Waals surface area contributed by atoms with Crippen molar-refractivity contribution in [2.75, 3.05) is 31.5 Å². The average molecular weight is 489 g/mol. The fourth-order valence-corrected chi connectivity index (χ4v) is 5.29. The first-order chi connectivity index (χ1) is 16.0. The van der Waals surface area contributed by atoms with Crippen molar-refractivity contribution in [1.29, 1.82) is 0 Å². The lowest BCUT2D eigenvalue weighted by molar-refractivity contribution is 0.172. The lowest BCUT2D eigenvalue weighted by Gasteiger charge is -2.14. The predicted octanol–water partition coefficient (Wildman–Crippen LogP) is 3.14. The number of hydrogen-bond donors (Lipinski definition) is 4. The van der Waals surface area contributed by atoms with Crippen LogP contribution in [0.15, 0.2) is 64.2 Å². The first-order valence-corrected chi connectivity index (χ1v) is 12.5. The van der Waals surface area contributed by atoms with Gasteiger partial charge in [0.15, 0.2) is 0 Å². The van der Waals surface area contributed by atoms with Crippen molar-refractivity contribution in [2.45, 2.75) is 10.3 Å². The van der Waals surface area contributed by atoms with Crippen LogP contribution in [0.4, 0.5) is 5.69 Å². The molecule has 0 aliphatic rings. The van der Waals surface area contributed by atoms with Gasteiger partial charge in [-0.1, -0.05) is 18.2 Å². The Morgan fingerprint density at radius 3 is 2.85 bits per heavy atom. The highest BCUT2D eigenvalue weighted by atomic mass is 32.2. The van der Waals surface area contributed by atoms with Gasteiger partial charge in [-0.2, -0.15) is 0 Å². The molecule has 11 heteroatoms. The molecule has 33 heavy (non-hydrogen) atoms. The number of aromatic amines is 1. The monoisotopic (exact) mass is 488 g/mol. The maximum absolute atomic E-state index is 12.4. The van der Waals surface area contributed by atoms with Crippen LogP contribution in [0, 0.1) is 0 Å². The topological polar surface area (TPSA) is 126 Å². The first-order valence-electron chi connectivity index (χ1n) is 10.2. The molecule has 4 N–H and O–H groups in total. The van der Waals surface area contributed by atoms with Gasteiger partial charge in [-0.05, 0) is 41.3 Å². The van der Waals surface area contributed by atoms with Crippen LogP contribution < -0.4 is 19.5 Å². The summed E-state index contributed by atoms with van der Waals surface area (Å²) in [6.07, 6.45) is -0.801. The number of aliphatic hydroxyl groups is 1. The molecule has 0 aliphatic carbocycles. The molecule has 4 aromatic rings. The summed E-state index contributed by atoms with van der Waals surface area (Å²) in [7, 11) is -2.07. The molecule has 2 aromatic heterocycles. The third-order valence-electron chi connectivity index (χ3n) is 4.86. The van der Waals surface area contributed by atoms with Gasteiger partial charge in [0.25, 0.3) is 10.0 Å². The normalized spacial score (nSPS) is 12.5. The number of rotatable bonds is 11. The van der Waals surface area contributed by atoms with Gasteiger partial charge in [0, 0.05) is 24.8 Å². The molecule has 0 spiro atoms. The minimum absolute atomic E-state index is 0.237. The largest absolute Gasteiger partial charge is 0.492 e. The van der Waals surface area contributed by atoms with Crippen LogP contribution in [0.25, 0.3) is 10.9 Å². The Balaban J connectivity index is 1.25. The molecular weight excluding hydrogens is 464 g/mol. The van der Waals surface area contributed by atoms with E-state index in [-0.39, 0.29) is 4.21 Å². The molecule has 0 radical (unpaired) electrons. The predicted molar refractivity (Wildman–Crippen MR) is 128 cm³/mol. The van der Waals surface area contributed by atoms with Crippen molar-refractivity contribution in [3.05, 3.63) is 65.5 Å². The van der Waals surface area contributed by atoms with Crippen LogP contribution in [0.5, 0.6) is 11.6 Å². The Hall–Kier alpha value is -3.12. The number of nitrogens with one attached hydrogen (secondary N) is 3. The van der Waals surface area contributed by atoms with Gasteiger partial charge in [0.1, 0.15) is 16.6 Å². The maximum atomic E-state index is 12.4. The molecule has 9 nitrogen and oxygen atoms in total. The number of anilines is 1. The highest BCUT2D eigenvalue weighted by Crippen LogP contribution is 2.26. The van der Waals surface area contributed by atoms with E-state index in [2.05, 4.69) is 20.2 Å². The van der Waals surface area contributed by atoms with Crippen molar-refractivity contribution in [3.63, 3.8) is 0 Å². The lowest BCUT2D eigenvalue weighted by atomic mass is 10.1. The number of sulfonamides is 1. The molecular formula is C22H24N4O5S2. The van der Waals surface area contributed by atoms with Gasteiger partial charge in [-0.3, -0.25) is 9.82 Å². The summed E-state index contributed by atoms with van der Waals surface area (Å²) in [5, 5.41) is 23.2. The standard InChI is InChI=1S/C22H24N4O5S2/c1-30-22-18-8-7-17(13-19(18)24-25-22)31-10-9-23-14-20(27)15-4-2-5-16(12-15)26-33(28,29)21-6-3-11-32-21/h2-8,11-13,20,23,26-27H,9-10,14H2,1H3,(H,24,25)/t20-/m0/s1. The van der Waals surface area contributed by atoms with Crippen LogP contribution in [-0.2, 0) is 10.0 Å². The minimum Gasteiger partial charge on any atom is -0.492 e. The summed E-state index contributed by atoms with van der Waals surface area (Å²) in [5.74, 6) is 1.23. The molecule has 1 atom stereocenters. The zero-order valence-corrected chi connectivity index (χ0v) is 19.4. The SMILES string of the molecule is COc1n[nH]c2cc(OCCNC[C@H](O)c3cccc(NS(=O)(=O)c4cccs4)c3)ccc12. The summed E-state index contributed by atoms with van der Waals surface area (Å²) in [5.41, 5.74) is 1.82. The first kappa shape index (κ1) is 23.1. The molecule has 0 unspecified atom stereocenters. The Kier molecular flexibility index (Phi) is 7.14.